The molecule has 1 aromatic heterocycles. The first-order valence-electron chi connectivity index (χ1n) is 9.82. The van der Waals surface area contributed by atoms with Gasteiger partial charge in [-0.15, -0.1) is 0 Å². The third-order valence-electron chi connectivity index (χ3n) is 4.76. The summed E-state index contributed by atoms with van der Waals surface area (Å²) in [4.78, 5) is 24.9. The van der Waals surface area contributed by atoms with Crippen molar-refractivity contribution in [3.05, 3.63) is 96.0 Å². The van der Waals surface area contributed by atoms with Gasteiger partial charge in [0, 0.05) is 5.56 Å². The quantitative estimate of drug-likeness (QED) is 0.305. The molecule has 0 unspecified atom stereocenters. The number of ether oxygens (including phenoxy) is 1. The number of hydrogen-bond donors (Lipinski definition) is 0. The highest BCUT2D eigenvalue weighted by Crippen LogP contribution is 2.28. The van der Waals surface area contributed by atoms with Gasteiger partial charge in [0.05, 0.1) is 22.5 Å². The van der Waals surface area contributed by atoms with Crippen molar-refractivity contribution in [1.82, 2.24) is 0 Å². The Hall–Kier alpha value is -4.26. The molecule has 7 heteroatoms. The Labute approximate surface area is 183 Å². The van der Waals surface area contributed by atoms with E-state index in [0.717, 1.165) is 0 Å². The molecule has 1 aliphatic heterocycles. The second kappa shape index (κ2) is 8.85. The summed E-state index contributed by atoms with van der Waals surface area (Å²) in [5, 5.41) is 5.50. The topological polar surface area (TPSA) is 72.1 Å². The van der Waals surface area contributed by atoms with Gasteiger partial charge in [0.15, 0.2) is 0 Å². The lowest BCUT2D eigenvalue weighted by molar-refractivity contribution is -0.114. The summed E-state index contributed by atoms with van der Waals surface area (Å²) >= 11 is 0. The number of carbonyl (C=O) groups is 2. The Balaban J connectivity index is 1.56. The number of rotatable bonds is 6. The lowest BCUT2D eigenvalue weighted by atomic mass is 10.1. The summed E-state index contributed by atoms with van der Waals surface area (Å²) in [5.41, 5.74) is 2.45. The Morgan fingerprint density at radius 3 is 2.72 bits per heavy atom. The van der Waals surface area contributed by atoms with Gasteiger partial charge in [-0.2, -0.15) is 10.1 Å². The van der Waals surface area contributed by atoms with Crippen LogP contribution in [0.3, 0.4) is 0 Å². The molecule has 6 nitrogen and oxygen atoms in total. The van der Waals surface area contributed by atoms with Gasteiger partial charge in [-0.3, -0.25) is 4.79 Å². The van der Waals surface area contributed by atoms with Crippen molar-refractivity contribution in [2.75, 3.05) is 11.6 Å². The Bertz CT molecular complexity index is 1250. The van der Waals surface area contributed by atoms with Crippen molar-refractivity contribution in [3.8, 4) is 11.3 Å². The molecule has 0 fully saturated rings. The number of amides is 1. The van der Waals surface area contributed by atoms with Crippen LogP contribution >= 0.6 is 0 Å². The van der Waals surface area contributed by atoms with Gasteiger partial charge < -0.3 is 9.15 Å². The predicted molar refractivity (Wildman–Crippen MR) is 120 cm³/mol. The molecule has 160 valence electrons. The summed E-state index contributed by atoms with van der Waals surface area (Å²) in [7, 11) is 0. The summed E-state index contributed by atoms with van der Waals surface area (Å²) in [6, 6.07) is 15.9. The number of hydrogen-bond acceptors (Lipinski definition) is 5. The Morgan fingerprint density at radius 2 is 1.97 bits per heavy atom. The van der Waals surface area contributed by atoms with Crippen LogP contribution in [-0.2, 0) is 9.53 Å². The Kier molecular flexibility index (Phi) is 5.81. The van der Waals surface area contributed by atoms with E-state index in [0.29, 0.717) is 39.6 Å². The highest BCUT2D eigenvalue weighted by Gasteiger charge is 2.29. The molecule has 0 atom stereocenters. The normalized spacial score (nSPS) is 14.6. The van der Waals surface area contributed by atoms with Gasteiger partial charge in [0.2, 0.25) is 0 Å². The second-order valence-corrected chi connectivity index (χ2v) is 7.01. The predicted octanol–water partition coefficient (Wildman–Crippen LogP) is 5.23. The molecule has 0 N–H and O–H groups in total. The molecule has 2 aromatic carbocycles. The maximum Gasteiger partial charge on any atom is 0.338 e. The fraction of sp³-hybridized carbons (Fsp3) is 0.0800. The lowest BCUT2D eigenvalue weighted by Gasteiger charge is -2.11. The van der Waals surface area contributed by atoms with Gasteiger partial charge in [-0.05, 0) is 61.5 Å². The summed E-state index contributed by atoms with van der Waals surface area (Å²) in [5.74, 6) is -0.189. The third kappa shape index (κ3) is 4.27. The van der Waals surface area contributed by atoms with Crippen molar-refractivity contribution in [2.45, 2.75) is 6.92 Å². The fourth-order valence-electron chi connectivity index (χ4n) is 3.19. The number of nitrogens with zero attached hydrogens (tertiary/aromatic N) is 2. The minimum atomic E-state index is -0.454. The van der Waals surface area contributed by atoms with Gasteiger partial charge >= 0.3 is 5.97 Å². The van der Waals surface area contributed by atoms with Gasteiger partial charge in [0.1, 0.15) is 23.9 Å². The van der Waals surface area contributed by atoms with E-state index in [4.69, 9.17) is 9.15 Å². The first-order chi connectivity index (χ1) is 15.5. The van der Waals surface area contributed by atoms with Gasteiger partial charge in [-0.25, -0.2) is 9.18 Å². The fourth-order valence-corrected chi connectivity index (χ4v) is 3.19. The van der Waals surface area contributed by atoms with E-state index >= 15 is 0 Å². The molecule has 1 amide bonds. The summed E-state index contributed by atoms with van der Waals surface area (Å²) in [6.45, 7) is 5.37. The number of halogens is 1. The molecule has 3 aromatic rings. The average molecular weight is 430 g/mol. The zero-order chi connectivity index (χ0) is 22.7. The van der Waals surface area contributed by atoms with Crippen molar-refractivity contribution < 1.29 is 23.1 Å². The minimum Gasteiger partial charge on any atom is -0.458 e. The SMILES string of the molecule is C=CCOC(=O)c1cccc(-c2ccc(/C=C3\C(=O)N(c4ccc(F)cc4)N=C3C)o2)c1. The lowest BCUT2D eigenvalue weighted by Crippen LogP contribution is -2.21. The van der Waals surface area contributed by atoms with E-state index in [9.17, 15) is 14.0 Å². The maximum absolute atomic E-state index is 13.2. The van der Waals surface area contributed by atoms with Crippen LogP contribution in [0.2, 0.25) is 0 Å². The molecule has 2 heterocycles. The van der Waals surface area contributed by atoms with Crippen LogP contribution in [-0.4, -0.2) is 24.2 Å². The molecular weight excluding hydrogens is 411 g/mol. The van der Waals surface area contributed by atoms with Crippen molar-refractivity contribution in [3.63, 3.8) is 0 Å². The number of hydrazone groups is 1. The molecule has 0 saturated heterocycles. The number of benzene rings is 2. The second-order valence-electron chi connectivity index (χ2n) is 7.01. The van der Waals surface area contributed by atoms with E-state index in [-0.39, 0.29) is 12.5 Å². The minimum absolute atomic E-state index is 0.130. The summed E-state index contributed by atoms with van der Waals surface area (Å²) in [6.07, 6.45) is 3.11. The third-order valence-corrected chi connectivity index (χ3v) is 4.76. The van der Waals surface area contributed by atoms with E-state index in [1.165, 1.54) is 35.4 Å². The summed E-state index contributed by atoms with van der Waals surface area (Å²) < 4.78 is 24.1. The average Bonchev–Trinajstić information content (AvgIpc) is 3.38. The highest BCUT2D eigenvalue weighted by molar-refractivity contribution is 6.32. The molecule has 32 heavy (non-hydrogen) atoms. The largest absolute Gasteiger partial charge is 0.458 e. The van der Waals surface area contributed by atoms with E-state index < -0.39 is 11.8 Å². The monoisotopic (exact) mass is 430 g/mol. The van der Waals surface area contributed by atoms with Crippen LogP contribution in [0.25, 0.3) is 17.4 Å². The number of anilines is 1. The Morgan fingerprint density at radius 1 is 1.19 bits per heavy atom. The maximum atomic E-state index is 13.2. The first kappa shape index (κ1) is 21.0. The zero-order valence-electron chi connectivity index (χ0n) is 17.2. The van der Waals surface area contributed by atoms with Crippen molar-refractivity contribution in [1.29, 1.82) is 0 Å². The molecule has 1 aliphatic rings. The number of carbonyl (C=O) groups excluding carboxylic acids is 2. The van der Waals surface area contributed by atoms with Crippen LogP contribution < -0.4 is 5.01 Å². The van der Waals surface area contributed by atoms with Crippen LogP contribution in [0.5, 0.6) is 0 Å². The molecule has 0 bridgehead atoms. The van der Waals surface area contributed by atoms with Crippen LogP contribution in [0.1, 0.15) is 23.0 Å². The molecular formula is C25H19FN2O4. The molecule has 0 aliphatic carbocycles. The molecule has 0 saturated carbocycles. The highest BCUT2D eigenvalue weighted by atomic mass is 19.1. The van der Waals surface area contributed by atoms with Crippen LogP contribution in [0.4, 0.5) is 10.1 Å². The zero-order valence-corrected chi connectivity index (χ0v) is 17.2. The smallest absolute Gasteiger partial charge is 0.338 e. The molecule has 0 spiro atoms. The van der Waals surface area contributed by atoms with Gasteiger partial charge in [-0.1, -0.05) is 24.8 Å². The van der Waals surface area contributed by atoms with Crippen molar-refractivity contribution >= 4 is 29.4 Å². The van der Waals surface area contributed by atoms with Crippen LogP contribution in [0.15, 0.2) is 88.4 Å². The number of furan rings is 1. The van der Waals surface area contributed by atoms with Crippen molar-refractivity contribution in [2.24, 2.45) is 5.10 Å². The van der Waals surface area contributed by atoms with E-state index in [1.54, 1.807) is 43.3 Å². The van der Waals surface area contributed by atoms with E-state index in [2.05, 4.69) is 11.7 Å². The first-order valence-corrected chi connectivity index (χ1v) is 9.82. The van der Waals surface area contributed by atoms with Crippen LogP contribution in [0, 0.1) is 5.82 Å². The number of esters is 1. The van der Waals surface area contributed by atoms with E-state index in [1.807, 2.05) is 6.07 Å². The van der Waals surface area contributed by atoms with Gasteiger partial charge in [0.25, 0.3) is 5.91 Å². The molecule has 4 rings (SSSR count). The molecule has 0 radical (unpaired) electrons. The standard InChI is InChI=1S/C25H19FN2O4/c1-3-13-31-25(30)18-6-4-5-17(14-18)23-12-11-21(32-23)15-22-16(2)27-28(24(22)29)20-9-7-19(26)8-10-20/h3-12,14-15H,1,13H2,2H3/b22-15-.